The van der Waals surface area contributed by atoms with Gasteiger partial charge in [0.25, 0.3) is 0 Å². The molecule has 2 aromatic carbocycles. The zero-order chi connectivity index (χ0) is 24.6. The number of hydrogen-bond donors (Lipinski definition) is 0. The number of carbonyl (C=O) groups excluding carboxylic acids is 2. The standard InChI is InChI=1S/C24H25F3N4O4/c25-24(26,27)17-2-1-3-18(14-17)28-6-8-29(9-7-28)22(32)16-30-10-11-31(23(30)33)19-4-5-20-21(15-19)35-13-12-34-20/h1-5,14-15H,6-13,16H2. The molecule has 5 rings (SSSR count). The van der Waals surface area contributed by atoms with Gasteiger partial charge >= 0.3 is 12.2 Å². The first-order chi connectivity index (χ1) is 16.8. The lowest BCUT2D eigenvalue weighted by Gasteiger charge is -2.37. The van der Waals surface area contributed by atoms with Crippen molar-refractivity contribution in [1.82, 2.24) is 9.80 Å². The van der Waals surface area contributed by atoms with Gasteiger partial charge in [-0.3, -0.25) is 9.69 Å². The van der Waals surface area contributed by atoms with Crippen LogP contribution in [-0.2, 0) is 11.0 Å². The number of ether oxygens (including phenoxy) is 2. The number of benzene rings is 2. The summed E-state index contributed by atoms with van der Waals surface area (Å²) in [5, 5.41) is 0. The molecular formula is C24H25F3N4O4. The molecule has 3 aliphatic rings. The zero-order valence-corrected chi connectivity index (χ0v) is 19.0. The molecule has 0 spiro atoms. The Balaban J connectivity index is 1.16. The first kappa shape index (κ1) is 23.1. The summed E-state index contributed by atoms with van der Waals surface area (Å²) in [6.07, 6.45) is -4.40. The lowest BCUT2D eigenvalue weighted by atomic mass is 10.1. The Kier molecular flexibility index (Phi) is 6.08. The number of amides is 3. The Morgan fingerprint density at radius 3 is 2.34 bits per heavy atom. The maximum atomic E-state index is 13.0. The largest absolute Gasteiger partial charge is 0.486 e. The molecular weight excluding hydrogens is 465 g/mol. The van der Waals surface area contributed by atoms with Gasteiger partial charge in [-0.15, -0.1) is 0 Å². The van der Waals surface area contributed by atoms with Gasteiger partial charge in [0.1, 0.15) is 19.8 Å². The van der Waals surface area contributed by atoms with Gasteiger partial charge in [0, 0.05) is 56.7 Å². The highest BCUT2D eigenvalue weighted by Crippen LogP contribution is 2.35. The predicted molar refractivity (Wildman–Crippen MR) is 122 cm³/mol. The first-order valence-electron chi connectivity index (χ1n) is 11.5. The van der Waals surface area contributed by atoms with E-state index in [1.54, 1.807) is 34.1 Å². The minimum atomic E-state index is -4.40. The average Bonchev–Trinajstić information content (AvgIpc) is 3.23. The van der Waals surface area contributed by atoms with Gasteiger partial charge in [0.05, 0.1) is 5.56 Å². The second-order valence-electron chi connectivity index (χ2n) is 8.60. The number of piperazine rings is 1. The monoisotopic (exact) mass is 490 g/mol. The number of urea groups is 1. The molecule has 2 aromatic rings. The van der Waals surface area contributed by atoms with Crippen LogP contribution in [-0.4, -0.2) is 80.8 Å². The van der Waals surface area contributed by atoms with Crippen LogP contribution in [0.5, 0.6) is 11.5 Å². The summed E-state index contributed by atoms with van der Waals surface area (Å²) in [5.74, 6) is 1.06. The number of fused-ring (bicyclic) bond motifs is 1. The van der Waals surface area contributed by atoms with Crippen LogP contribution in [0.2, 0.25) is 0 Å². The Bertz CT molecular complexity index is 1120. The maximum absolute atomic E-state index is 13.0. The van der Waals surface area contributed by atoms with Crippen molar-refractivity contribution in [2.75, 3.05) is 68.8 Å². The molecule has 0 N–H and O–H groups in total. The normalized spacial score (nSPS) is 18.3. The summed E-state index contributed by atoms with van der Waals surface area (Å²) >= 11 is 0. The molecule has 2 saturated heterocycles. The minimum Gasteiger partial charge on any atom is -0.486 e. The first-order valence-corrected chi connectivity index (χ1v) is 11.5. The Morgan fingerprint density at radius 2 is 1.60 bits per heavy atom. The van der Waals surface area contributed by atoms with Gasteiger partial charge in [-0.2, -0.15) is 13.2 Å². The topological polar surface area (TPSA) is 65.6 Å². The van der Waals surface area contributed by atoms with Crippen molar-refractivity contribution in [2.45, 2.75) is 6.18 Å². The maximum Gasteiger partial charge on any atom is 0.416 e. The molecule has 0 bridgehead atoms. The van der Waals surface area contributed by atoms with E-state index < -0.39 is 11.7 Å². The molecule has 0 radical (unpaired) electrons. The molecule has 0 unspecified atom stereocenters. The summed E-state index contributed by atoms with van der Waals surface area (Å²) in [4.78, 5) is 32.4. The van der Waals surface area contributed by atoms with Crippen LogP contribution in [0.3, 0.4) is 0 Å². The SMILES string of the molecule is O=C(CN1CCN(c2ccc3c(c2)OCCO3)C1=O)N1CCN(c2cccc(C(F)(F)F)c2)CC1. The summed E-state index contributed by atoms with van der Waals surface area (Å²) in [6, 6.07) is 10.3. The number of alkyl halides is 3. The average molecular weight is 490 g/mol. The summed E-state index contributed by atoms with van der Waals surface area (Å²) < 4.78 is 50.2. The molecule has 0 atom stereocenters. The molecule has 0 aliphatic carbocycles. The molecule has 11 heteroatoms. The van der Waals surface area contributed by atoms with E-state index in [-0.39, 0.29) is 18.5 Å². The third-order valence-electron chi connectivity index (χ3n) is 6.43. The molecule has 8 nitrogen and oxygen atoms in total. The van der Waals surface area contributed by atoms with E-state index in [0.29, 0.717) is 75.4 Å². The van der Waals surface area contributed by atoms with E-state index in [1.807, 2.05) is 4.90 Å². The quantitative estimate of drug-likeness (QED) is 0.659. The molecule has 186 valence electrons. The molecule has 3 aliphatic heterocycles. The van der Waals surface area contributed by atoms with Crippen molar-refractivity contribution in [3.05, 3.63) is 48.0 Å². The zero-order valence-electron chi connectivity index (χ0n) is 19.0. The van der Waals surface area contributed by atoms with Crippen LogP contribution >= 0.6 is 0 Å². The van der Waals surface area contributed by atoms with Crippen LogP contribution in [0, 0.1) is 0 Å². The number of anilines is 2. The Labute approximate surface area is 200 Å². The fraction of sp³-hybridized carbons (Fsp3) is 0.417. The summed E-state index contributed by atoms with van der Waals surface area (Å²) in [7, 11) is 0. The fourth-order valence-electron chi connectivity index (χ4n) is 4.53. The number of halogens is 3. The highest BCUT2D eigenvalue weighted by Gasteiger charge is 2.34. The predicted octanol–water partition coefficient (Wildman–Crippen LogP) is 3.07. The second kappa shape index (κ2) is 9.20. The van der Waals surface area contributed by atoms with E-state index in [2.05, 4.69) is 0 Å². The van der Waals surface area contributed by atoms with Crippen molar-refractivity contribution in [3.8, 4) is 11.5 Å². The lowest BCUT2D eigenvalue weighted by Crippen LogP contribution is -2.51. The number of hydrogen-bond acceptors (Lipinski definition) is 5. The van der Waals surface area contributed by atoms with Crippen LogP contribution in [0.15, 0.2) is 42.5 Å². The number of rotatable bonds is 4. The third-order valence-corrected chi connectivity index (χ3v) is 6.43. The fourth-order valence-corrected chi connectivity index (χ4v) is 4.53. The summed E-state index contributed by atoms with van der Waals surface area (Å²) in [6.45, 7) is 3.37. The molecule has 2 fully saturated rings. The van der Waals surface area contributed by atoms with Crippen LogP contribution in [0.1, 0.15) is 5.56 Å². The highest BCUT2D eigenvalue weighted by atomic mass is 19.4. The number of nitrogens with zero attached hydrogens (tertiary/aromatic N) is 4. The van der Waals surface area contributed by atoms with E-state index in [4.69, 9.17) is 9.47 Å². The van der Waals surface area contributed by atoms with Crippen LogP contribution in [0.4, 0.5) is 29.3 Å². The van der Waals surface area contributed by atoms with Gasteiger partial charge in [-0.25, -0.2) is 4.79 Å². The van der Waals surface area contributed by atoms with Gasteiger partial charge in [0.15, 0.2) is 11.5 Å². The minimum absolute atomic E-state index is 0.0382. The van der Waals surface area contributed by atoms with E-state index in [0.717, 1.165) is 12.1 Å². The smallest absolute Gasteiger partial charge is 0.416 e. The molecule has 35 heavy (non-hydrogen) atoms. The van der Waals surface area contributed by atoms with E-state index >= 15 is 0 Å². The van der Waals surface area contributed by atoms with Crippen LogP contribution < -0.4 is 19.3 Å². The molecule has 3 heterocycles. The van der Waals surface area contributed by atoms with E-state index in [1.165, 1.54) is 11.0 Å². The van der Waals surface area contributed by atoms with Gasteiger partial charge in [-0.1, -0.05) is 6.07 Å². The summed E-state index contributed by atoms with van der Waals surface area (Å²) in [5.41, 5.74) is 0.476. The lowest BCUT2D eigenvalue weighted by molar-refractivity contribution is -0.137. The second-order valence-corrected chi connectivity index (χ2v) is 8.60. The Morgan fingerprint density at radius 1 is 0.857 bits per heavy atom. The number of carbonyl (C=O) groups is 2. The van der Waals surface area contributed by atoms with Crippen molar-refractivity contribution in [1.29, 1.82) is 0 Å². The van der Waals surface area contributed by atoms with Gasteiger partial charge in [-0.05, 0) is 30.3 Å². The van der Waals surface area contributed by atoms with Gasteiger partial charge < -0.3 is 24.2 Å². The van der Waals surface area contributed by atoms with Crippen molar-refractivity contribution in [2.24, 2.45) is 0 Å². The van der Waals surface area contributed by atoms with Gasteiger partial charge in [0.2, 0.25) is 5.91 Å². The van der Waals surface area contributed by atoms with Crippen molar-refractivity contribution < 1.29 is 32.2 Å². The van der Waals surface area contributed by atoms with E-state index in [9.17, 15) is 22.8 Å². The van der Waals surface area contributed by atoms with Crippen molar-refractivity contribution >= 4 is 23.3 Å². The van der Waals surface area contributed by atoms with Crippen molar-refractivity contribution in [3.63, 3.8) is 0 Å². The molecule has 3 amide bonds. The third kappa shape index (κ3) is 4.80. The Hall–Kier alpha value is -3.63. The molecule has 0 saturated carbocycles. The highest BCUT2D eigenvalue weighted by molar-refractivity contribution is 5.96. The molecule has 0 aromatic heterocycles. The van der Waals surface area contributed by atoms with Crippen LogP contribution in [0.25, 0.3) is 0 Å².